The third-order valence-electron chi connectivity index (χ3n) is 3.50. The van der Waals surface area contributed by atoms with Crippen molar-refractivity contribution in [3.8, 4) is 5.75 Å². The molecule has 2 aromatic carbocycles. The second kappa shape index (κ2) is 8.33. The van der Waals surface area contributed by atoms with E-state index in [-0.39, 0.29) is 16.5 Å². The molecule has 6 nitrogen and oxygen atoms in total. The maximum absolute atomic E-state index is 12.2. The summed E-state index contributed by atoms with van der Waals surface area (Å²) in [6.45, 7) is 1.65. The first-order valence-electron chi connectivity index (χ1n) is 7.57. The van der Waals surface area contributed by atoms with E-state index in [9.17, 15) is 13.2 Å². The second-order valence-electron chi connectivity index (χ2n) is 5.22. The largest absolute Gasteiger partial charge is 0.495 e. The Morgan fingerprint density at radius 3 is 2.40 bits per heavy atom. The van der Waals surface area contributed by atoms with Gasteiger partial charge in [-0.3, -0.25) is 4.79 Å². The number of aryl methyl sites for hydroxylation is 1. The Kier molecular flexibility index (Phi) is 6.41. The summed E-state index contributed by atoms with van der Waals surface area (Å²) in [7, 11) is -2.42. The molecule has 134 valence electrons. The summed E-state index contributed by atoms with van der Waals surface area (Å²) < 4.78 is 31.7. The zero-order valence-electron chi connectivity index (χ0n) is 13.9. The highest BCUT2D eigenvalue weighted by atomic mass is 35.5. The van der Waals surface area contributed by atoms with Crippen LogP contribution in [0.5, 0.6) is 5.75 Å². The Morgan fingerprint density at radius 1 is 1.16 bits per heavy atom. The lowest BCUT2D eigenvalue weighted by molar-refractivity contribution is -0.115. The van der Waals surface area contributed by atoms with Crippen LogP contribution in [-0.4, -0.2) is 28.0 Å². The first-order chi connectivity index (χ1) is 11.9. The fraction of sp³-hybridized carbons (Fsp3) is 0.235. The summed E-state index contributed by atoms with van der Waals surface area (Å²) in [5.41, 5.74) is 1.75. The van der Waals surface area contributed by atoms with Gasteiger partial charge in [0.25, 0.3) is 0 Å². The number of hydrogen-bond acceptors (Lipinski definition) is 4. The Hall–Kier alpha value is -2.09. The standard InChI is InChI=1S/C17H19ClN2O4S/c1-3-12-4-6-13(7-5-12)20-17(21)11-19-25(22,23)14-8-9-16(24-2)15(18)10-14/h4-10,19H,3,11H2,1-2H3,(H,20,21). The topological polar surface area (TPSA) is 84.5 Å². The maximum atomic E-state index is 12.2. The molecule has 0 atom stereocenters. The summed E-state index contributed by atoms with van der Waals surface area (Å²) in [5.74, 6) is -0.0960. The number of anilines is 1. The van der Waals surface area contributed by atoms with Gasteiger partial charge in [-0.15, -0.1) is 0 Å². The highest BCUT2D eigenvalue weighted by molar-refractivity contribution is 7.89. The molecular formula is C17H19ClN2O4S. The minimum Gasteiger partial charge on any atom is -0.495 e. The molecule has 0 aromatic heterocycles. The van der Waals surface area contributed by atoms with Gasteiger partial charge in [-0.1, -0.05) is 30.7 Å². The van der Waals surface area contributed by atoms with Gasteiger partial charge in [0.05, 0.1) is 23.6 Å². The number of ether oxygens (including phenoxy) is 1. The molecule has 0 aliphatic rings. The number of amides is 1. The molecule has 0 aliphatic heterocycles. The number of nitrogens with one attached hydrogen (secondary N) is 2. The van der Waals surface area contributed by atoms with E-state index >= 15 is 0 Å². The smallest absolute Gasteiger partial charge is 0.241 e. The number of sulfonamides is 1. The molecule has 1 amide bonds. The molecular weight excluding hydrogens is 364 g/mol. The van der Waals surface area contributed by atoms with E-state index in [2.05, 4.69) is 10.0 Å². The molecule has 0 unspecified atom stereocenters. The van der Waals surface area contributed by atoms with Gasteiger partial charge in [0.2, 0.25) is 15.9 Å². The number of halogens is 1. The Bertz CT molecular complexity index is 851. The molecule has 0 aliphatic carbocycles. The van der Waals surface area contributed by atoms with Crippen LogP contribution in [0, 0.1) is 0 Å². The lowest BCUT2D eigenvalue weighted by Gasteiger charge is -2.10. The Morgan fingerprint density at radius 2 is 1.84 bits per heavy atom. The van der Waals surface area contributed by atoms with E-state index in [1.54, 1.807) is 12.1 Å². The van der Waals surface area contributed by atoms with Gasteiger partial charge in [-0.05, 0) is 42.3 Å². The van der Waals surface area contributed by atoms with Crippen molar-refractivity contribution >= 4 is 33.2 Å². The van der Waals surface area contributed by atoms with Crippen molar-refractivity contribution in [3.63, 3.8) is 0 Å². The van der Waals surface area contributed by atoms with E-state index in [1.165, 1.54) is 25.3 Å². The van der Waals surface area contributed by atoms with E-state index in [4.69, 9.17) is 16.3 Å². The molecule has 0 radical (unpaired) electrons. The molecule has 0 saturated carbocycles. The fourth-order valence-corrected chi connectivity index (χ4v) is 3.42. The predicted molar refractivity (Wildman–Crippen MR) is 97.6 cm³/mol. The lowest BCUT2D eigenvalue weighted by atomic mass is 10.1. The number of carbonyl (C=O) groups excluding carboxylic acids is 1. The van der Waals surface area contributed by atoms with E-state index in [1.807, 2.05) is 19.1 Å². The van der Waals surface area contributed by atoms with Gasteiger partial charge in [0.1, 0.15) is 5.75 Å². The van der Waals surface area contributed by atoms with E-state index in [0.717, 1.165) is 12.0 Å². The van der Waals surface area contributed by atoms with Gasteiger partial charge < -0.3 is 10.1 Å². The van der Waals surface area contributed by atoms with Crippen LogP contribution in [0.15, 0.2) is 47.4 Å². The van der Waals surface area contributed by atoms with Crippen molar-refractivity contribution < 1.29 is 17.9 Å². The van der Waals surface area contributed by atoms with Gasteiger partial charge in [-0.25, -0.2) is 13.1 Å². The monoisotopic (exact) mass is 382 g/mol. The van der Waals surface area contributed by atoms with Gasteiger partial charge in [-0.2, -0.15) is 0 Å². The van der Waals surface area contributed by atoms with Crippen molar-refractivity contribution in [2.75, 3.05) is 19.0 Å². The van der Waals surface area contributed by atoms with Crippen LogP contribution in [-0.2, 0) is 21.2 Å². The van der Waals surface area contributed by atoms with Gasteiger partial charge in [0.15, 0.2) is 0 Å². The molecule has 2 N–H and O–H groups in total. The molecule has 0 bridgehead atoms. The summed E-state index contributed by atoms with van der Waals surface area (Å²) in [5, 5.41) is 2.81. The number of methoxy groups -OCH3 is 1. The Labute approximate surface area is 152 Å². The van der Waals surface area contributed by atoms with Crippen LogP contribution in [0.3, 0.4) is 0 Å². The van der Waals surface area contributed by atoms with Gasteiger partial charge >= 0.3 is 0 Å². The van der Waals surface area contributed by atoms with Crippen molar-refractivity contribution in [3.05, 3.63) is 53.1 Å². The van der Waals surface area contributed by atoms with Crippen molar-refractivity contribution in [2.24, 2.45) is 0 Å². The van der Waals surface area contributed by atoms with Crippen molar-refractivity contribution in [2.45, 2.75) is 18.2 Å². The highest BCUT2D eigenvalue weighted by Gasteiger charge is 2.17. The number of hydrogen-bond donors (Lipinski definition) is 2. The summed E-state index contributed by atoms with van der Waals surface area (Å²) >= 11 is 5.93. The molecule has 8 heteroatoms. The minimum atomic E-state index is -3.86. The third-order valence-corrected chi connectivity index (χ3v) is 5.20. The minimum absolute atomic E-state index is 0.0431. The average Bonchev–Trinajstić information content (AvgIpc) is 2.60. The zero-order valence-corrected chi connectivity index (χ0v) is 15.4. The first kappa shape index (κ1) is 19.2. The second-order valence-corrected chi connectivity index (χ2v) is 7.39. The molecule has 0 heterocycles. The average molecular weight is 383 g/mol. The van der Waals surface area contributed by atoms with E-state index in [0.29, 0.717) is 11.4 Å². The number of carbonyl (C=O) groups is 1. The van der Waals surface area contributed by atoms with Crippen molar-refractivity contribution in [1.29, 1.82) is 0 Å². The summed E-state index contributed by atoms with van der Waals surface area (Å²) in [6, 6.07) is 11.4. The summed E-state index contributed by atoms with van der Waals surface area (Å²) in [4.78, 5) is 11.9. The quantitative estimate of drug-likeness (QED) is 0.771. The number of benzene rings is 2. The Balaban J connectivity index is 1.98. The number of rotatable bonds is 7. The molecule has 2 rings (SSSR count). The van der Waals surface area contributed by atoms with Crippen LogP contribution < -0.4 is 14.8 Å². The zero-order chi connectivity index (χ0) is 18.4. The molecule has 0 spiro atoms. The van der Waals surface area contributed by atoms with Crippen molar-refractivity contribution in [1.82, 2.24) is 4.72 Å². The molecule has 0 fully saturated rings. The van der Waals surface area contributed by atoms with Crippen LogP contribution in [0.1, 0.15) is 12.5 Å². The molecule has 0 saturated heterocycles. The van der Waals surface area contributed by atoms with Crippen LogP contribution in [0.25, 0.3) is 0 Å². The molecule has 25 heavy (non-hydrogen) atoms. The normalized spacial score (nSPS) is 11.2. The predicted octanol–water partition coefficient (Wildman–Crippen LogP) is 2.83. The lowest BCUT2D eigenvalue weighted by Crippen LogP contribution is -2.32. The van der Waals surface area contributed by atoms with Crippen LogP contribution in [0.2, 0.25) is 5.02 Å². The summed E-state index contributed by atoms with van der Waals surface area (Å²) in [6.07, 6.45) is 0.901. The van der Waals surface area contributed by atoms with Crippen LogP contribution >= 0.6 is 11.6 Å². The highest BCUT2D eigenvalue weighted by Crippen LogP contribution is 2.26. The van der Waals surface area contributed by atoms with Crippen LogP contribution in [0.4, 0.5) is 5.69 Å². The van der Waals surface area contributed by atoms with E-state index < -0.39 is 15.9 Å². The third kappa shape index (κ3) is 5.19. The van der Waals surface area contributed by atoms with Gasteiger partial charge in [0, 0.05) is 5.69 Å². The maximum Gasteiger partial charge on any atom is 0.241 e. The SMILES string of the molecule is CCc1ccc(NC(=O)CNS(=O)(=O)c2ccc(OC)c(Cl)c2)cc1. The fourth-order valence-electron chi connectivity index (χ4n) is 2.09. The first-order valence-corrected chi connectivity index (χ1v) is 9.44. The molecule has 2 aromatic rings.